The van der Waals surface area contributed by atoms with Gasteiger partial charge < -0.3 is 69.3 Å². The quantitative estimate of drug-likeness (QED) is 0.154. The molecule has 16 nitrogen and oxygen atoms in total. The van der Waals surface area contributed by atoms with Crippen LogP contribution in [-0.4, -0.2) is 114 Å². The lowest BCUT2D eigenvalue weighted by Gasteiger charge is -2.43. The van der Waals surface area contributed by atoms with E-state index in [2.05, 4.69) is 0 Å². The predicted molar refractivity (Wildman–Crippen MR) is 134 cm³/mol. The third-order valence-electron chi connectivity index (χ3n) is 6.82. The number of carboxylic acid groups (broad SMARTS) is 1. The average molecular weight is 594 g/mol. The summed E-state index contributed by atoms with van der Waals surface area (Å²) in [6, 6.07) is 7.02. The van der Waals surface area contributed by atoms with Crippen molar-refractivity contribution in [2.45, 2.75) is 55.3 Å². The Labute approximate surface area is 234 Å². The minimum Gasteiger partial charge on any atom is -0.508 e. The van der Waals surface area contributed by atoms with Gasteiger partial charge in [-0.15, -0.1) is 0 Å². The topological polar surface area (TPSA) is 266 Å². The number of carboxylic acids is 1. The number of benzene rings is 2. The van der Waals surface area contributed by atoms with Crippen LogP contribution in [0.25, 0.3) is 22.3 Å². The minimum absolute atomic E-state index is 0.122. The Morgan fingerprint density at radius 1 is 0.857 bits per heavy atom. The number of rotatable bonds is 6. The fourth-order valence-corrected chi connectivity index (χ4v) is 4.63. The molecule has 226 valence electrons. The van der Waals surface area contributed by atoms with E-state index < -0.39 is 95.9 Å². The first kappa shape index (κ1) is 29.5. The molecule has 3 aromatic rings. The van der Waals surface area contributed by atoms with Crippen molar-refractivity contribution in [2.24, 2.45) is 0 Å². The minimum atomic E-state index is -2.11. The van der Waals surface area contributed by atoms with Crippen molar-refractivity contribution in [1.82, 2.24) is 0 Å². The molecular formula is C26H26O16. The second-order valence-corrected chi connectivity index (χ2v) is 9.69. The molecule has 0 radical (unpaired) electrons. The lowest BCUT2D eigenvalue weighted by Crippen LogP contribution is -2.64. The van der Waals surface area contributed by atoms with Crippen molar-refractivity contribution < 1.29 is 74.1 Å². The Balaban J connectivity index is 1.62. The maximum atomic E-state index is 13.7. The fourth-order valence-electron chi connectivity index (χ4n) is 4.63. The van der Waals surface area contributed by atoms with Crippen LogP contribution in [0, 0.1) is 0 Å². The van der Waals surface area contributed by atoms with Gasteiger partial charge in [0.25, 0.3) is 0 Å². The van der Waals surface area contributed by atoms with Crippen LogP contribution in [0.5, 0.6) is 23.0 Å². The monoisotopic (exact) mass is 594 g/mol. The van der Waals surface area contributed by atoms with Crippen molar-refractivity contribution >= 4 is 16.9 Å². The van der Waals surface area contributed by atoms with Crippen LogP contribution in [0.4, 0.5) is 0 Å². The first-order valence-electron chi connectivity index (χ1n) is 12.4. The Kier molecular flexibility index (Phi) is 7.97. The van der Waals surface area contributed by atoms with E-state index in [-0.39, 0.29) is 22.7 Å². The van der Waals surface area contributed by atoms with E-state index in [0.29, 0.717) is 0 Å². The van der Waals surface area contributed by atoms with Crippen LogP contribution < -0.4 is 10.2 Å². The van der Waals surface area contributed by atoms with Crippen LogP contribution in [0.15, 0.2) is 45.6 Å². The molecule has 2 aliphatic heterocycles. The molecule has 9 N–H and O–H groups in total. The highest BCUT2D eigenvalue weighted by molar-refractivity contribution is 5.88. The Morgan fingerprint density at radius 3 is 2.21 bits per heavy atom. The third-order valence-corrected chi connectivity index (χ3v) is 6.82. The zero-order chi connectivity index (χ0) is 30.5. The maximum Gasteiger partial charge on any atom is 0.335 e. The summed E-state index contributed by atoms with van der Waals surface area (Å²) in [5.74, 6) is -4.08. The van der Waals surface area contributed by atoms with Gasteiger partial charge in [-0.25, -0.2) is 4.79 Å². The summed E-state index contributed by atoms with van der Waals surface area (Å²) in [5, 5.41) is 90.5. The number of fused-ring (bicyclic) bond motifs is 1. The van der Waals surface area contributed by atoms with Gasteiger partial charge in [0.05, 0.1) is 6.61 Å². The van der Waals surface area contributed by atoms with Gasteiger partial charge in [-0.2, -0.15) is 0 Å². The SMILES string of the molecule is O=C(O)[C@H]1O[C@@H](Oc2c(-c3ccc(O)cc3)oc3cc(O)cc(O)c3c2=O)[C@H](O[C@@H]2OC[C@@H](O)[C@H](O)[C@H]2O)[C@@H](O)[C@@H]1O. The first-order chi connectivity index (χ1) is 19.9. The van der Waals surface area contributed by atoms with E-state index in [9.17, 15) is 55.5 Å². The van der Waals surface area contributed by atoms with Crippen LogP contribution in [0.2, 0.25) is 0 Å². The number of carbonyl (C=O) groups is 1. The second kappa shape index (κ2) is 11.3. The Morgan fingerprint density at radius 2 is 1.55 bits per heavy atom. The van der Waals surface area contributed by atoms with Gasteiger partial charge in [0, 0.05) is 17.7 Å². The van der Waals surface area contributed by atoms with Crippen molar-refractivity contribution in [3.05, 3.63) is 46.6 Å². The van der Waals surface area contributed by atoms with Crippen LogP contribution in [-0.2, 0) is 19.0 Å². The van der Waals surface area contributed by atoms with Gasteiger partial charge in [0.15, 0.2) is 24.3 Å². The van der Waals surface area contributed by atoms with Crippen molar-refractivity contribution in [3.63, 3.8) is 0 Å². The molecule has 1 aromatic heterocycles. The third kappa shape index (κ3) is 5.33. The summed E-state index contributed by atoms with van der Waals surface area (Å²) in [7, 11) is 0. The van der Waals surface area contributed by atoms with Gasteiger partial charge in [0.1, 0.15) is 58.7 Å². The highest BCUT2D eigenvalue weighted by atomic mass is 16.8. The smallest absolute Gasteiger partial charge is 0.335 e. The van der Waals surface area contributed by atoms with E-state index in [1.165, 1.54) is 24.3 Å². The van der Waals surface area contributed by atoms with Crippen molar-refractivity contribution in [3.8, 4) is 34.3 Å². The normalized spacial score (nSPS) is 31.6. The van der Waals surface area contributed by atoms with Crippen LogP contribution in [0.3, 0.4) is 0 Å². The second-order valence-electron chi connectivity index (χ2n) is 9.69. The molecular weight excluding hydrogens is 568 g/mol. The lowest BCUT2D eigenvalue weighted by atomic mass is 9.98. The molecule has 0 amide bonds. The number of aromatic hydroxyl groups is 3. The van der Waals surface area contributed by atoms with Gasteiger partial charge >= 0.3 is 5.97 Å². The van der Waals surface area contributed by atoms with Crippen LogP contribution in [0.1, 0.15) is 0 Å². The number of phenols is 3. The molecule has 3 heterocycles. The molecule has 0 spiro atoms. The Hall–Kier alpha value is -4.00. The van der Waals surface area contributed by atoms with E-state index in [4.69, 9.17) is 23.4 Å². The molecule has 0 aliphatic carbocycles. The first-order valence-corrected chi connectivity index (χ1v) is 12.4. The van der Waals surface area contributed by atoms with E-state index in [0.717, 1.165) is 12.1 Å². The van der Waals surface area contributed by atoms with Crippen molar-refractivity contribution in [1.29, 1.82) is 0 Å². The summed E-state index contributed by atoms with van der Waals surface area (Å²) in [5.41, 5.74) is -1.20. The highest BCUT2D eigenvalue weighted by Crippen LogP contribution is 2.38. The molecule has 5 rings (SSSR count). The highest BCUT2D eigenvalue weighted by Gasteiger charge is 2.52. The average Bonchev–Trinajstić information content (AvgIpc) is 2.93. The number of aliphatic carboxylic acids is 1. The van der Waals surface area contributed by atoms with E-state index >= 15 is 0 Å². The molecule has 9 atom stereocenters. The van der Waals surface area contributed by atoms with Crippen LogP contribution >= 0.6 is 0 Å². The lowest BCUT2D eigenvalue weighted by molar-refractivity contribution is -0.341. The number of aliphatic hydroxyl groups excluding tert-OH is 5. The molecule has 2 saturated heterocycles. The summed E-state index contributed by atoms with van der Waals surface area (Å²) in [6.45, 7) is -0.510. The summed E-state index contributed by atoms with van der Waals surface area (Å²) < 4.78 is 27.6. The van der Waals surface area contributed by atoms with Gasteiger partial charge in [-0.3, -0.25) is 4.79 Å². The molecule has 2 aromatic carbocycles. The number of phenolic OH excluding ortho intramolecular Hbond substituents is 3. The summed E-state index contributed by atoms with van der Waals surface area (Å²) in [4.78, 5) is 25.5. The number of aliphatic hydroxyl groups is 5. The number of ether oxygens (including phenoxy) is 4. The predicted octanol–water partition coefficient (Wildman–Crippen LogP) is -1.69. The zero-order valence-electron chi connectivity index (χ0n) is 21.3. The van der Waals surface area contributed by atoms with E-state index in [1.807, 2.05) is 0 Å². The molecule has 0 unspecified atom stereocenters. The standard InChI is InChI=1S/C26H26O16/c27-9-3-1-8(2-4-9)20-21(16(32)14-11(29)5-10(28)6-13(14)39-20)40-26-23(18(34)17(33)22(41-26)24(36)37)42-25-19(35)15(31)12(30)7-38-25/h1-6,12,15,17-19,22-23,25-31,33-35H,7H2,(H,36,37)/t12-,15+,17+,18+,19-,22+,23-,25+,26-/m1/s1. The largest absolute Gasteiger partial charge is 0.508 e. The number of hydrogen-bond acceptors (Lipinski definition) is 15. The molecule has 0 bridgehead atoms. The summed E-state index contributed by atoms with van der Waals surface area (Å²) in [6.07, 6.45) is -17.1. The van der Waals surface area contributed by atoms with Gasteiger partial charge in [0.2, 0.25) is 17.5 Å². The maximum absolute atomic E-state index is 13.7. The zero-order valence-corrected chi connectivity index (χ0v) is 21.3. The van der Waals surface area contributed by atoms with Gasteiger partial charge in [-0.1, -0.05) is 0 Å². The van der Waals surface area contributed by atoms with Crippen molar-refractivity contribution in [2.75, 3.05) is 6.61 Å². The summed E-state index contributed by atoms with van der Waals surface area (Å²) >= 11 is 0. The van der Waals surface area contributed by atoms with Gasteiger partial charge in [-0.05, 0) is 24.3 Å². The molecule has 0 saturated carbocycles. The molecule has 42 heavy (non-hydrogen) atoms. The molecule has 2 fully saturated rings. The van der Waals surface area contributed by atoms with E-state index in [1.54, 1.807) is 0 Å². The number of hydrogen-bond donors (Lipinski definition) is 9. The molecule has 16 heteroatoms. The fraction of sp³-hybridized carbons (Fsp3) is 0.385. The Bertz CT molecular complexity index is 1520. The molecule has 2 aliphatic rings.